The monoisotopic (exact) mass is 1670 g/mol. The van der Waals surface area contributed by atoms with Crippen LogP contribution < -0.4 is 61.5 Å². The van der Waals surface area contributed by atoms with E-state index in [1.807, 2.05) is 67.7 Å². The average Bonchev–Trinajstić information content (AvgIpc) is 1.60. The highest BCUT2D eigenvalue weighted by atomic mass is 28.4. The van der Waals surface area contributed by atoms with E-state index >= 15 is 19.2 Å². The van der Waals surface area contributed by atoms with Crippen molar-refractivity contribution in [1.82, 2.24) is 20.4 Å². The number of fused-ring (bicyclic) bond motifs is 4. The van der Waals surface area contributed by atoms with Gasteiger partial charge in [-0.3, -0.25) is 28.8 Å². The number of hydrogen-bond donors (Lipinski definition) is 6. The highest BCUT2D eigenvalue weighted by Gasteiger charge is 2.56. The summed E-state index contributed by atoms with van der Waals surface area (Å²) in [5, 5.41) is 9.99. The summed E-state index contributed by atoms with van der Waals surface area (Å²) in [5.74, 6) is -4.01. The highest BCUT2D eigenvalue weighted by Crippen LogP contribution is 2.49. The van der Waals surface area contributed by atoms with Crippen LogP contribution in [0.25, 0.3) is 0 Å². The minimum Gasteiger partial charge on any atom is -0.493 e. The van der Waals surface area contributed by atoms with Crippen LogP contribution in [0.15, 0.2) is 133 Å². The van der Waals surface area contributed by atoms with E-state index in [9.17, 15) is 28.8 Å². The molecule has 4 heterocycles. The van der Waals surface area contributed by atoms with Gasteiger partial charge in [0.15, 0.2) is 52.1 Å². The Hall–Kier alpha value is -10.9. The minimum absolute atomic E-state index is 0.0163. The van der Waals surface area contributed by atoms with Gasteiger partial charge in [-0.1, -0.05) is 130 Å². The van der Waals surface area contributed by atoms with Crippen molar-refractivity contribution < 1.29 is 94.7 Å². The molecule has 0 spiro atoms. The number of carbonyl (C=O) groups is 10. The van der Waals surface area contributed by atoms with Crippen LogP contribution in [-0.4, -0.2) is 187 Å². The molecule has 4 aliphatic heterocycles. The number of benzene rings is 6. The first kappa shape index (κ1) is 90.4. The SMILES string of the molecule is COc1cc2c(cc1OCCCOc1cc3c(cc1OC)C(=O)N1C[C@@H](OC(=O)c4ccccc4)C[C@H]1[C@H](O[Si](C)(C)C(C)(C)C)N3C(=O)OCc1ccc(NC(=O)[C@@H](C)NC(=O)[C@H](N)C(C)C)cc1)N(C(=O)OCc1ccc(NC(=O)[C@H](C)NC(=O)[C@@H](N)C(C)C)cc1)[C@@H](O[Si](C)(C)C(C)(C)C)[C@@H]1C[C@H](OC(=O)c3ccccc3)CN1C2=O. The Morgan fingerprint density at radius 2 is 0.824 bits per heavy atom. The van der Waals surface area contributed by atoms with Gasteiger partial charge in [-0.2, -0.15) is 0 Å². The standard InChI is InChI=1S/C87H114N10O20Si2/c1-50(2)72(88)76(100)90-52(5)74(98)92-58-34-30-54(31-35-58)48-112-84(106)96-64-44-70(68(108-13)42-62(64)78(102)94-46-60(114-82(104)56-26-21-19-22-27-56)40-66(94)80(96)116-118(15,16)86(7,8)9)110-38-25-39-111-71-45-65-63(43-69(71)109-14)79(103)95-47-61(115-83(105)57-28-23-20-24-29-57)41-67(95)81(117-119(17,18)87(10,11)12)97(65)85(107)113-49-55-32-36-59(37-33-55)93-75(99)53(6)91-77(101)73(89)51(3)4/h19-24,26-37,42-45,50-53,60-61,66-67,72-73,80-81H,25,38-41,46-49,88-89H2,1-18H3,(H,90,100)(H,91,101)(H,92,98)(H,93,99)/t52-,53+,60-,61-,66-,67-,72-,73+,80-,81-/m0/s1. The molecule has 0 radical (unpaired) electrons. The van der Waals surface area contributed by atoms with Gasteiger partial charge in [0, 0.05) is 42.8 Å². The first-order valence-corrected chi connectivity index (χ1v) is 45.9. The Balaban J connectivity index is 0.951. The first-order valence-electron chi connectivity index (χ1n) is 40.1. The Labute approximate surface area is 697 Å². The third-order valence-corrected chi connectivity index (χ3v) is 31.6. The smallest absolute Gasteiger partial charge is 0.416 e. The second-order valence-electron chi connectivity index (χ2n) is 34.2. The van der Waals surface area contributed by atoms with E-state index < -0.39 is 147 Å². The van der Waals surface area contributed by atoms with Gasteiger partial charge >= 0.3 is 24.1 Å². The number of nitrogens with zero attached hydrogens (tertiary/aromatic N) is 4. The van der Waals surface area contributed by atoms with Gasteiger partial charge in [-0.25, -0.2) is 29.0 Å². The summed E-state index contributed by atoms with van der Waals surface area (Å²) in [6.07, 6.45) is -5.70. The maximum absolute atomic E-state index is 15.6. The topological polar surface area (TPSA) is 376 Å². The normalized spacial score (nSPS) is 18.9. The van der Waals surface area contributed by atoms with E-state index in [0.717, 1.165) is 0 Å². The van der Waals surface area contributed by atoms with Crippen LogP contribution in [0, 0.1) is 11.8 Å². The van der Waals surface area contributed by atoms with Crippen LogP contribution in [0.4, 0.5) is 32.3 Å². The predicted molar refractivity (Wildman–Crippen MR) is 452 cm³/mol. The summed E-state index contributed by atoms with van der Waals surface area (Å²) < 4.78 is 64.6. The fraction of sp³-hybridized carbons (Fsp3) is 0.471. The molecular formula is C87H114N10O20Si2. The van der Waals surface area contributed by atoms with Crippen LogP contribution in [0.2, 0.25) is 36.3 Å². The third kappa shape index (κ3) is 21.4. The van der Waals surface area contributed by atoms with Gasteiger partial charge in [0.25, 0.3) is 11.8 Å². The maximum atomic E-state index is 15.6. The molecule has 2 saturated heterocycles. The van der Waals surface area contributed by atoms with Crippen molar-refractivity contribution in [1.29, 1.82) is 0 Å². The van der Waals surface area contributed by atoms with E-state index in [0.29, 0.717) is 33.6 Å². The van der Waals surface area contributed by atoms with Gasteiger partial charge in [0.2, 0.25) is 23.6 Å². The summed E-state index contributed by atoms with van der Waals surface area (Å²) >= 11 is 0. The quantitative estimate of drug-likeness (QED) is 0.0106. The van der Waals surface area contributed by atoms with Crippen molar-refractivity contribution >= 4 is 99.0 Å². The van der Waals surface area contributed by atoms with Gasteiger partial charge in [-0.05, 0) is 134 Å². The van der Waals surface area contributed by atoms with E-state index in [2.05, 4.69) is 21.3 Å². The van der Waals surface area contributed by atoms with Crippen LogP contribution in [0.5, 0.6) is 23.0 Å². The molecule has 30 nitrogen and oxygen atoms in total. The Kier molecular flexibility index (Phi) is 28.9. The molecule has 8 amide bonds. The van der Waals surface area contributed by atoms with Gasteiger partial charge in [0.1, 0.15) is 37.5 Å². The summed E-state index contributed by atoms with van der Waals surface area (Å²) in [4.78, 5) is 147. The summed E-state index contributed by atoms with van der Waals surface area (Å²) in [7, 11) is -3.12. The minimum atomic E-state index is -2.96. The lowest BCUT2D eigenvalue weighted by Gasteiger charge is -2.44. The van der Waals surface area contributed by atoms with Crippen molar-refractivity contribution in [3.63, 3.8) is 0 Å². The van der Waals surface area contributed by atoms with Gasteiger partial charge in [0.05, 0.1) is 98.3 Å². The summed E-state index contributed by atoms with van der Waals surface area (Å²) in [6, 6.07) is 30.8. The molecule has 640 valence electrons. The molecule has 0 aliphatic carbocycles. The number of hydrogen-bond acceptors (Lipinski definition) is 22. The Morgan fingerprint density at radius 1 is 0.479 bits per heavy atom. The number of anilines is 4. The molecular weight excluding hydrogens is 1560 g/mol. The summed E-state index contributed by atoms with van der Waals surface area (Å²) in [6.45, 7) is 29.8. The van der Waals surface area contributed by atoms with E-state index in [-0.39, 0.29) is 116 Å². The molecule has 10 atom stereocenters. The number of ether oxygens (including phenoxy) is 8. The number of methoxy groups -OCH3 is 2. The number of nitrogens with one attached hydrogen (secondary N) is 4. The van der Waals surface area contributed by atoms with Crippen LogP contribution in [0.3, 0.4) is 0 Å². The van der Waals surface area contributed by atoms with E-state index in [1.165, 1.54) is 48.3 Å². The molecule has 0 unspecified atom stereocenters. The lowest BCUT2D eigenvalue weighted by molar-refractivity contribution is -0.127. The van der Waals surface area contributed by atoms with Crippen molar-refractivity contribution in [2.75, 3.05) is 61.0 Å². The number of rotatable bonds is 30. The lowest BCUT2D eigenvalue weighted by atomic mass is 10.0. The number of amides is 8. The fourth-order valence-electron chi connectivity index (χ4n) is 13.4. The number of esters is 2. The molecule has 6 aromatic carbocycles. The van der Waals surface area contributed by atoms with Gasteiger partial charge in [-0.15, -0.1) is 0 Å². The maximum Gasteiger partial charge on any atom is 0.416 e. The summed E-state index contributed by atoms with van der Waals surface area (Å²) in [5.41, 5.74) is 14.7. The molecule has 8 N–H and O–H groups in total. The number of nitrogens with two attached hydrogens (primary N) is 2. The molecule has 6 aromatic rings. The molecule has 4 aliphatic rings. The molecule has 119 heavy (non-hydrogen) atoms. The second kappa shape index (κ2) is 38.0. The highest BCUT2D eigenvalue weighted by molar-refractivity contribution is 6.74. The molecule has 0 aromatic heterocycles. The van der Waals surface area contributed by atoms with Crippen LogP contribution >= 0.6 is 0 Å². The van der Waals surface area contributed by atoms with E-state index in [4.69, 9.17) is 58.2 Å². The van der Waals surface area contributed by atoms with Gasteiger partial charge < -0.3 is 89.3 Å². The van der Waals surface area contributed by atoms with Crippen molar-refractivity contribution in [2.24, 2.45) is 23.3 Å². The first-order chi connectivity index (χ1) is 56.1. The van der Waals surface area contributed by atoms with Crippen LogP contribution in [-0.2, 0) is 60.2 Å². The van der Waals surface area contributed by atoms with Crippen molar-refractivity contribution in [3.05, 3.63) is 167 Å². The van der Waals surface area contributed by atoms with Crippen molar-refractivity contribution in [2.45, 2.75) is 213 Å². The predicted octanol–water partition coefficient (Wildman–Crippen LogP) is 12.3. The molecule has 10 rings (SSSR count). The zero-order chi connectivity index (χ0) is 86.9. The molecule has 0 saturated carbocycles. The fourth-order valence-corrected chi connectivity index (χ4v) is 15.9. The number of carbonyl (C=O) groups excluding carboxylic acids is 10. The Morgan fingerprint density at radius 3 is 1.14 bits per heavy atom. The molecule has 2 fully saturated rings. The van der Waals surface area contributed by atoms with Crippen LogP contribution in [0.1, 0.15) is 155 Å². The largest absolute Gasteiger partial charge is 0.493 e. The molecule has 32 heteroatoms. The van der Waals surface area contributed by atoms with Crippen molar-refractivity contribution in [3.8, 4) is 23.0 Å². The second-order valence-corrected chi connectivity index (χ2v) is 43.7. The third-order valence-electron chi connectivity index (χ3n) is 22.8. The zero-order valence-corrected chi connectivity index (χ0v) is 73.1. The zero-order valence-electron chi connectivity index (χ0n) is 71.1. The Bertz CT molecular complexity index is 4390. The lowest BCUT2D eigenvalue weighted by Crippen LogP contribution is -2.58. The molecule has 0 bridgehead atoms. The van der Waals surface area contributed by atoms with E-state index in [1.54, 1.807) is 161 Å². The average molecular weight is 1680 g/mol.